The average Bonchev–Trinajstić information content (AvgIpc) is 3.37. The normalized spacial score (nSPS) is 19.7. The number of carbonyl (C=O) groups excluding carboxylic acids is 2. The Morgan fingerprint density at radius 2 is 2.06 bits per heavy atom. The van der Waals surface area contributed by atoms with Crippen molar-refractivity contribution < 1.29 is 9.59 Å². The number of aryl methyl sites for hydroxylation is 1. The van der Waals surface area contributed by atoms with Gasteiger partial charge in [0.2, 0.25) is 5.91 Å². The van der Waals surface area contributed by atoms with E-state index in [1.54, 1.807) is 5.01 Å². The maximum absolute atomic E-state index is 13.3. The summed E-state index contributed by atoms with van der Waals surface area (Å²) in [5, 5.41) is 6.94. The molecule has 0 bridgehead atoms. The summed E-state index contributed by atoms with van der Waals surface area (Å²) in [4.78, 5) is 34.4. The third-order valence-electron chi connectivity index (χ3n) is 6.36. The van der Waals surface area contributed by atoms with E-state index in [1.165, 1.54) is 0 Å². The lowest BCUT2D eigenvalue weighted by molar-refractivity contribution is -0.148. The van der Waals surface area contributed by atoms with Crippen molar-refractivity contribution in [2.75, 3.05) is 13.1 Å². The van der Waals surface area contributed by atoms with Crippen LogP contribution in [0.3, 0.4) is 0 Å². The van der Waals surface area contributed by atoms with Gasteiger partial charge in [-0.05, 0) is 36.1 Å². The first-order valence-corrected chi connectivity index (χ1v) is 10.9. The maximum atomic E-state index is 13.3. The molecule has 2 aliphatic heterocycles. The van der Waals surface area contributed by atoms with Crippen LogP contribution in [0.15, 0.2) is 42.5 Å². The van der Waals surface area contributed by atoms with Crippen molar-refractivity contribution in [1.82, 2.24) is 25.3 Å². The largest absolute Gasteiger partial charge is 0.342 e. The first-order valence-electron chi connectivity index (χ1n) is 10.9. The molecule has 160 valence electrons. The predicted octanol–water partition coefficient (Wildman–Crippen LogP) is 2.87. The number of hydrogen-bond donors (Lipinski definition) is 2. The Morgan fingerprint density at radius 3 is 2.90 bits per heavy atom. The highest BCUT2D eigenvalue weighted by molar-refractivity contribution is 5.90. The molecule has 2 aromatic carbocycles. The molecular weight excluding hydrogens is 390 g/mol. The van der Waals surface area contributed by atoms with Gasteiger partial charge in [-0.25, -0.2) is 9.99 Å². The van der Waals surface area contributed by atoms with Crippen LogP contribution >= 0.6 is 0 Å². The molecule has 0 radical (unpaired) electrons. The highest BCUT2D eigenvalue weighted by Crippen LogP contribution is 2.30. The summed E-state index contributed by atoms with van der Waals surface area (Å²) in [6.45, 7) is 6.18. The highest BCUT2D eigenvalue weighted by Gasteiger charge is 2.38. The molecule has 1 fully saturated rings. The van der Waals surface area contributed by atoms with Gasteiger partial charge in [0.25, 0.3) is 5.91 Å². The van der Waals surface area contributed by atoms with Gasteiger partial charge in [-0.3, -0.25) is 14.6 Å². The van der Waals surface area contributed by atoms with Crippen LogP contribution in [0, 0.1) is 12.8 Å². The Hall–Kier alpha value is -3.19. The molecule has 5 rings (SSSR count). The number of amides is 2. The van der Waals surface area contributed by atoms with Crippen LogP contribution < -0.4 is 5.32 Å². The van der Waals surface area contributed by atoms with Crippen molar-refractivity contribution in [1.29, 1.82) is 0 Å². The molecule has 2 amide bonds. The molecule has 1 unspecified atom stereocenters. The second-order valence-corrected chi connectivity index (χ2v) is 8.60. The van der Waals surface area contributed by atoms with E-state index in [0.717, 1.165) is 46.5 Å². The number of fused-ring (bicyclic) bond motifs is 3. The van der Waals surface area contributed by atoms with Gasteiger partial charge in [-0.15, -0.1) is 0 Å². The SMILES string of the molecule is Cc1cccc2nc(CC(C)C(=O)N[C@@H]3C(=O)N4CCCN4Cc4ccccc43)[nH]c12. The number of hydrazine groups is 1. The summed E-state index contributed by atoms with van der Waals surface area (Å²) in [5.41, 5.74) is 5.02. The molecule has 2 N–H and O–H groups in total. The average molecular weight is 418 g/mol. The fourth-order valence-corrected chi connectivity index (χ4v) is 4.65. The standard InChI is InChI=1S/C24H27N5O2/c1-15-7-5-10-19-21(15)26-20(25-19)13-16(2)23(30)27-22-18-9-4-3-8-17(18)14-28-11-6-12-29(28)24(22)31/h3-5,7-10,16,22H,6,11-14H2,1-2H3,(H,25,26)(H,27,30)/t16?,22-/m0/s1. The predicted molar refractivity (Wildman–Crippen MR) is 118 cm³/mol. The van der Waals surface area contributed by atoms with E-state index in [1.807, 2.05) is 56.3 Å². The number of hydrogen-bond acceptors (Lipinski definition) is 4. The fourth-order valence-electron chi connectivity index (χ4n) is 4.65. The van der Waals surface area contributed by atoms with E-state index in [2.05, 4.69) is 20.3 Å². The van der Waals surface area contributed by atoms with Crippen LogP contribution in [0.2, 0.25) is 0 Å². The first kappa shape index (κ1) is 19.8. The van der Waals surface area contributed by atoms with Gasteiger partial charge in [0.1, 0.15) is 11.9 Å². The van der Waals surface area contributed by atoms with Crippen molar-refractivity contribution in [2.45, 2.75) is 39.3 Å². The van der Waals surface area contributed by atoms with Gasteiger partial charge < -0.3 is 10.3 Å². The van der Waals surface area contributed by atoms with Gasteiger partial charge in [0, 0.05) is 32.0 Å². The number of nitrogens with one attached hydrogen (secondary N) is 2. The number of benzene rings is 2. The molecule has 3 aromatic rings. The monoisotopic (exact) mass is 417 g/mol. The van der Waals surface area contributed by atoms with E-state index in [0.29, 0.717) is 19.5 Å². The van der Waals surface area contributed by atoms with Gasteiger partial charge >= 0.3 is 0 Å². The topological polar surface area (TPSA) is 81.3 Å². The maximum Gasteiger partial charge on any atom is 0.264 e. The molecule has 7 heteroatoms. The molecule has 2 atom stereocenters. The van der Waals surface area contributed by atoms with Gasteiger partial charge in [0.15, 0.2) is 0 Å². The van der Waals surface area contributed by atoms with Crippen LogP contribution in [0.1, 0.15) is 41.9 Å². The van der Waals surface area contributed by atoms with Crippen LogP contribution in [0.25, 0.3) is 11.0 Å². The quantitative estimate of drug-likeness (QED) is 0.684. The van der Waals surface area contributed by atoms with Crippen LogP contribution in [-0.2, 0) is 22.6 Å². The van der Waals surface area contributed by atoms with E-state index < -0.39 is 6.04 Å². The van der Waals surface area contributed by atoms with Crippen molar-refractivity contribution in [2.24, 2.45) is 5.92 Å². The number of aromatic nitrogens is 2. The van der Waals surface area contributed by atoms with Gasteiger partial charge in [0.05, 0.1) is 11.0 Å². The summed E-state index contributed by atoms with van der Waals surface area (Å²) >= 11 is 0. The first-order chi connectivity index (χ1) is 15.0. The fraction of sp³-hybridized carbons (Fsp3) is 0.375. The number of para-hydroxylation sites is 1. The molecular formula is C24H27N5O2. The number of imidazole rings is 1. The zero-order valence-corrected chi connectivity index (χ0v) is 17.9. The van der Waals surface area contributed by atoms with Crippen LogP contribution in [0.4, 0.5) is 0 Å². The van der Waals surface area contributed by atoms with E-state index in [-0.39, 0.29) is 17.7 Å². The van der Waals surface area contributed by atoms with Crippen molar-refractivity contribution in [3.05, 3.63) is 65.0 Å². The van der Waals surface area contributed by atoms with Gasteiger partial charge in [-0.1, -0.05) is 43.3 Å². The zero-order valence-electron chi connectivity index (χ0n) is 17.9. The number of rotatable bonds is 4. The number of nitrogens with zero attached hydrogens (tertiary/aromatic N) is 3. The second-order valence-electron chi connectivity index (χ2n) is 8.60. The third kappa shape index (κ3) is 3.59. The van der Waals surface area contributed by atoms with Crippen molar-refractivity contribution >= 4 is 22.8 Å². The lowest BCUT2D eigenvalue weighted by atomic mass is 9.98. The number of aromatic amines is 1. The summed E-state index contributed by atoms with van der Waals surface area (Å²) < 4.78 is 0. The summed E-state index contributed by atoms with van der Waals surface area (Å²) in [5.74, 6) is 0.268. The molecule has 0 saturated carbocycles. The lowest BCUT2D eigenvalue weighted by Crippen LogP contribution is -2.46. The molecule has 0 aliphatic carbocycles. The summed E-state index contributed by atoms with van der Waals surface area (Å²) in [7, 11) is 0. The Bertz CT molecular complexity index is 1150. The van der Waals surface area contributed by atoms with E-state index >= 15 is 0 Å². The number of H-pyrrole nitrogens is 1. The van der Waals surface area contributed by atoms with Crippen molar-refractivity contribution in [3.63, 3.8) is 0 Å². The Balaban J connectivity index is 1.36. The van der Waals surface area contributed by atoms with Gasteiger partial charge in [-0.2, -0.15) is 0 Å². The van der Waals surface area contributed by atoms with Crippen LogP contribution in [0.5, 0.6) is 0 Å². The summed E-state index contributed by atoms with van der Waals surface area (Å²) in [6, 6.07) is 13.2. The molecule has 3 heterocycles. The highest BCUT2D eigenvalue weighted by atomic mass is 16.2. The molecule has 31 heavy (non-hydrogen) atoms. The Morgan fingerprint density at radius 1 is 1.23 bits per heavy atom. The van der Waals surface area contributed by atoms with Crippen LogP contribution in [-0.4, -0.2) is 44.9 Å². The molecule has 1 aromatic heterocycles. The minimum absolute atomic E-state index is 0.0534. The molecule has 2 aliphatic rings. The lowest BCUT2D eigenvalue weighted by Gasteiger charge is -2.28. The van der Waals surface area contributed by atoms with E-state index in [4.69, 9.17) is 0 Å². The molecule has 0 spiro atoms. The second kappa shape index (κ2) is 7.81. The molecule has 7 nitrogen and oxygen atoms in total. The minimum atomic E-state index is -0.660. The number of carbonyl (C=O) groups is 2. The zero-order chi connectivity index (χ0) is 21.5. The Kier molecular flexibility index (Phi) is 4.98. The third-order valence-corrected chi connectivity index (χ3v) is 6.36. The summed E-state index contributed by atoms with van der Waals surface area (Å²) in [6.07, 6.45) is 1.44. The smallest absolute Gasteiger partial charge is 0.264 e. The Labute approximate surface area is 181 Å². The van der Waals surface area contributed by atoms with E-state index in [9.17, 15) is 9.59 Å². The minimum Gasteiger partial charge on any atom is -0.342 e. The molecule has 1 saturated heterocycles. The van der Waals surface area contributed by atoms with Crippen molar-refractivity contribution in [3.8, 4) is 0 Å².